The SMILES string of the molecule is CC[C@H](C)NC(=O)[C@@H](C)N(Cc1ccc(F)cc1)C(=O)Cc1ccc(C)c(C)c1. The molecule has 0 spiro atoms. The molecule has 2 rings (SSSR count). The molecular weight excluding hydrogens is 367 g/mol. The number of halogens is 1. The number of nitrogens with one attached hydrogen (secondary N) is 1. The molecule has 0 heterocycles. The van der Waals surface area contributed by atoms with Crippen molar-refractivity contribution in [2.75, 3.05) is 0 Å². The average molecular weight is 399 g/mol. The molecule has 0 saturated carbocycles. The lowest BCUT2D eigenvalue weighted by Gasteiger charge is -2.30. The summed E-state index contributed by atoms with van der Waals surface area (Å²) in [4.78, 5) is 27.4. The van der Waals surface area contributed by atoms with Crippen molar-refractivity contribution in [3.63, 3.8) is 0 Å². The minimum absolute atomic E-state index is 0.0347. The van der Waals surface area contributed by atoms with E-state index in [9.17, 15) is 14.0 Å². The van der Waals surface area contributed by atoms with Crippen molar-refractivity contribution >= 4 is 11.8 Å². The van der Waals surface area contributed by atoms with E-state index < -0.39 is 6.04 Å². The number of amides is 2. The highest BCUT2D eigenvalue weighted by Crippen LogP contribution is 2.15. The van der Waals surface area contributed by atoms with Crippen LogP contribution in [-0.2, 0) is 22.6 Å². The average Bonchev–Trinajstić information content (AvgIpc) is 2.69. The van der Waals surface area contributed by atoms with E-state index >= 15 is 0 Å². The Hall–Kier alpha value is -2.69. The van der Waals surface area contributed by atoms with Gasteiger partial charge in [0.05, 0.1) is 6.42 Å². The maximum atomic E-state index is 13.3. The Morgan fingerprint density at radius 1 is 1.00 bits per heavy atom. The zero-order valence-corrected chi connectivity index (χ0v) is 18.0. The maximum Gasteiger partial charge on any atom is 0.242 e. The Morgan fingerprint density at radius 2 is 1.62 bits per heavy atom. The van der Waals surface area contributed by atoms with Gasteiger partial charge in [0.2, 0.25) is 11.8 Å². The van der Waals surface area contributed by atoms with Crippen LogP contribution < -0.4 is 5.32 Å². The molecule has 156 valence electrons. The number of carbonyl (C=O) groups is 2. The van der Waals surface area contributed by atoms with Gasteiger partial charge in [0.1, 0.15) is 11.9 Å². The van der Waals surface area contributed by atoms with Crippen molar-refractivity contribution in [3.8, 4) is 0 Å². The summed E-state index contributed by atoms with van der Waals surface area (Å²) in [5.74, 6) is -0.649. The van der Waals surface area contributed by atoms with Crippen molar-refractivity contribution in [3.05, 3.63) is 70.5 Å². The standard InChI is InChI=1S/C24H31FN2O2/c1-6-18(4)26-24(29)19(5)27(15-20-9-11-22(25)12-10-20)23(28)14-21-8-7-16(2)17(3)13-21/h7-13,18-19H,6,14-15H2,1-5H3,(H,26,29)/t18-,19+/m0/s1. The van der Waals surface area contributed by atoms with E-state index in [4.69, 9.17) is 0 Å². The van der Waals surface area contributed by atoms with Crippen LogP contribution in [0.15, 0.2) is 42.5 Å². The zero-order chi connectivity index (χ0) is 21.6. The summed E-state index contributed by atoms with van der Waals surface area (Å²) < 4.78 is 13.3. The number of rotatable bonds is 8. The van der Waals surface area contributed by atoms with E-state index in [0.717, 1.165) is 23.1 Å². The number of benzene rings is 2. The van der Waals surface area contributed by atoms with Gasteiger partial charge in [-0.2, -0.15) is 0 Å². The molecule has 0 aliphatic carbocycles. The van der Waals surface area contributed by atoms with Crippen LogP contribution in [0.1, 0.15) is 49.4 Å². The molecule has 0 unspecified atom stereocenters. The Labute approximate surface area is 173 Å². The highest BCUT2D eigenvalue weighted by molar-refractivity contribution is 5.88. The minimum atomic E-state index is -0.631. The third-order valence-corrected chi connectivity index (χ3v) is 5.36. The highest BCUT2D eigenvalue weighted by Gasteiger charge is 2.26. The Morgan fingerprint density at radius 3 is 2.21 bits per heavy atom. The molecule has 0 radical (unpaired) electrons. The summed E-state index contributed by atoms with van der Waals surface area (Å²) >= 11 is 0. The molecule has 1 N–H and O–H groups in total. The van der Waals surface area contributed by atoms with Crippen LogP contribution in [0.4, 0.5) is 4.39 Å². The number of aryl methyl sites for hydroxylation is 2. The summed E-state index contributed by atoms with van der Waals surface area (Å²) in [6.07, 6.45) is 1.02. The molecule has 29 heavy (non-hydrogen) atoms. The van der Waals surface area contributed by atoms with Crippen molar-refractivity contribution in [2.24, 2.45) is 0 Å². The largest absolute Gasteiger partial charge is 0.352 e. The Bertz CT molecular complexity index is 848. The van der Waals surface area contributed by atoms with E-state index in [2.05, 4.69) is 5.32 Å². The van der Waals surface area contributed by atoms with E-state index in [1.807, 2.05) is 45.9 Å². The van der Waals surface area contributed by atoms with E-state index in [1.165, 1.54) is 17.7 Å². The van der Waals surface area contributed by atoms with Crippen LogP contribution >= 0.6 is 0 Å². The van der Waals surface area contributed by atoms with Crippen LogP contribution in [0.5, 0.6) is 0 Å². The van der Waals surface area contributed by atoms with Gasteiger partial charge in [-0.25, -0.2) is 4.39 Å². The van der Waals surface area contributed by atoms with Gasteiger partial charge < -0.3 is 10.2 Å². The molecule has 5 heteroatoms. The Balaban J connectivity index is 2.23. The molecule has 2 aromatic rings. The first kappa shape index (κ1) is 22.6. The fourth-order valence-corrected chi connectivity index (χ4v) is 3.02. The van der Waals surface area contributed by atoms with Gasteiger partial charge in [0, 0.05) is 12.6 Å². The summed E-state index contributed by atoms with van der Waals surface area (Å²) in [6, 6.07) is 11.4. The molecule has 0 aliphatic rings. The lowest BCUT2D eigenvalue weighted by atomic mass is 10.0. The maximum absolute atomic E-state index is 13.3. The summed E-state index contributed by atoms with van der Waals surface area (Å²) in [5, 5.41) is 2.95. The first-order valence-corrected chi connectivity index (χ1v) is 10.1. The molecular formula is C24H31FN2O2. The molecule has 4 nitrogen and oxygen atoms in total. The van der Waals surface area contributed by atoms with E-state index in [1.54, 1.807) is 24.0 Å². The van der Waals surface area contributed by atoms with Crippen molar-refractivity contribution in [1.82, 2.24) is 10.2 Å². The van der Waals surface area contributed by atoms with E-state index in [-0.39, 0.29) is 36.6 Å². The molecule has 0 bridgehead atoms. The molecule has 2 aromatic carbocycles. The first-order valence-electron chi connectivity index (χ1n) is 10.1. The Kier molecular flexibility index (Phi) is 7.94. The topological polar surface area (TPSA) is 49.4 Å². The lowest BCUT2D eigenvalue weighted by molar-refractivity contribution is -0.140. The predicted molar refractivity (Wildman–Crippen MR) is 114 cm³/mol. The summed E-state index contributed by atoms with van der Waals surface area (Å²) in [6.45, 7) is 9.96. The van der Waals surface area contributed by atoms with Crippen molar-refractivity contribution in [1.29, 1.82) is 0 Å². The normalized spacial score (nSPS) is 12.9. The van der Waals surface area contributed by atoms with Crippen molar-refractivity contribution < 1.29 is 14.0 Å². The van der Waals surface area contributed by atoms with E-state index in [0.29, 0.717) is 0 Å². The molecule has 2 amide bonds. The van der Waals surface area contributed by atoms with Crippen LogP contribution in [0.25, 0.3) is 0 Å². The fourth-order valence-electron chi connectivity index (χ4n) is 3.02. The van der Waals surface area contributed by atoms with Gasteiger partial charge in [-0.15, -0.1) is 0 Å². The first-order chi connectivity index (χ1) is 13.7. The van der Waals surface area contributed by atoms with Crippen molar-refractivity contribution in [2.45, 2.75) is 66.1 Å². The van der Waals surface area contributed by atoms with Gasteiger partial charge in [-0.3, -0.25) is 9.59 Å². The third kappa shape index (κ3) is 6.41. The molecule has 2 atom stereocenters. The quantitative estimate of drug-likeness (QED) is 0.720. The second kappa shape index (κ2) is 10.2. The van der Waals surface area contributed by atoms with Crippen LogP contribution in [0.3, 0.4) is 0 Å². The van der Waals surface area contributed by atoms with Gasteiger partial charge >= 0.3 is 0 Å². The van der Waals surface area contributed by atoms with Gasteiger partial charge in [-0.1, -0.05) is 37.3 Å². The second-order valence-corrected chi connectivity index (χ2v) is 7.74. The van der Waals surface area contributed by atoms with Crippen LogP contribution in [0, 0.1) is 19.7 Å². The number of hydrogen-bond donors (Lipinski definition) is 1. The van der Waals surface area contributed by atoms with Gasteiger partial charge in [0.15, 0.2) is 0 Å². The molecule has 0 fully saturated rings. The monoisotopic (exact) mass is 398 g/mol. The summed E-state index contributed by atoms with van der Waals surface area (Å²) in [7, 11) is 0. The minimum Gasteiger partial charge on any atom is -0.352 e. The highest BCUT2D eigenvalue weighted by atomic mass is 19.1. The molecule has 0 aliphatic heterocycles. The summed E-state index contributed by atoms with van der Waals surface area (Å²) in [5.41, 5.74) is 3.99. The number of carbonyl (C=O) groups excluding carboxylic acids is 2. The molecule has 0 saturated heterocycles. The van der Waals surface area contributed by atoms with Gasteiger partial charge in [-0.05, 0) is 68.5 Å². The fraction of sp³-hybridized carbons (Fsp3) is 0.417. The third-order valence-electron chi connectivity index (χ3n) is 5.36. The van der Waals surface area contributed by atoms with Crippen LogP contribution in [0.2, 0.25) is 0 Å². The zero-order valence-electron chi connectivity index (χ0n) is 18.0. The van der Waals surface area contributed by atoms with Gasteiger partial charge in [0.25, 0.3) is 0 Å². The lowest BCUT2D eigenvalue weighted by Crippen LogP contribution is -2.49. The van der Waals surface area contributed by atoms with Crippen LogP contribution in [-0.4, -0.2) is 28.8 Å². The number of hydrogen-bond acceptors (Lipinski definition) is 2. The second-order valence-electron chi connectivity index (χ2n) is 7.74. The smallest absolute Gasteiger partial charge is 0.242 e. The number of nitrogens with zero attached hydrogens (tertiary/aromatic N) is 1. The predicted octanol–water partition coefficient (Wildman–Crippen LogP) is 4.32. The molecule has 0 aromatic heterocycles.